The number of sulfonamides is 1. The Kier molecular flexibility index (Phi) is 2.93. The fourth-order valence-corrected chi connectivity index (χ4v) is 2.71. The zero-order valence-electron chi connectivity index (χ0n) is 9.52. The maximum Gasteiger partial charge on any atom is 0.266 e. The molecule has 7 heteroatoms. The molecule has 0 unspecified atom stereocenters. The summed E-state index contributed by atoms with van der Waals surface area (Å²) in [4.78, 5) is 3.95. The first-order valence-electron chi connectivity index (χ1n) is 5.10. The molecule has 92 valence electrons. The number of ether oxygens (including phenoxy) is 1. The van der Waals surface area contributed by atoms with Crippen LogP contribution in [-0.2, 0) is 10.0 Å². The van der Waals surface area contributed by atoms with E-state index in [0.717, 1.165) is 0 Å². The minimum atomic E-state index is -3.57. The molecule has 0 radical (unpaired) electrons. The maximum absolute atomic E-state index is 11.9. The van der Waals surface area contributed by atoms with Gasteiger partial charge >= 0.3 is 0 Å². The number of hydrogen-bond acceptors (Lipinski definition) is 4. The highest BCUT2D eigenvalue weighted by molar-refractivity contribution is 7.90. The summed E-state index contributed by atoms with van der Waals surface area (Å²) in [6.07, 6.45) is 0. The highest BCUT2D eigenvalue weighted by atomic mass is 32.2. The minimum absolute atomic E-state index is 0.163. The fraction of sp³-hybridized carbons (Fsp3) is 0.300. The molecule has 1 aliphatic rings. The summed E-state index contributed by atoms with van der Waals surface area (Å²) in [5.41, 5.74) is 0.493. The Balaban J connectivity index is 2.51. The molecule has 0 saturated carbocycles. The van der Waals surface area contributed by atoms with Gasteiger partial charge in [0, 0.05) is 13.1 Å². The normalized spacial score (nSPS) is 19.1. The van der Waals surface area contributed by atoms with Crippen molar-refractivity contribution in [2.24, 2.45) is 4.99 Å². The van der Waals surface area contributed by atoms with E-state index < -0.39 is 10.0 Å². The van der Waals surface area contributed by atoms with Gasteiger partial charge in [0.05, 0.1) is 12.3 Å². The van der Waals surface area contributed by atoms with Crippen molar-refractivity contribution in [3.63, 3.8) is 0 Å². The second kappa shape index (κ2) is 4.25. The molecular weight excluding hydrogens is 242 g/mol. The summed E-state index contributed by atoms with van der Waals surface area (Å²) in [5, 5.41) is 2.88. The third-order valence-electron chi connectivity index (χ3n) is 2.26. The Morgan fingerprint density at radius 1 is 1.41 bits per heavy atom. The Labute approximate surface area is 99.8 Å². The predicted molar refractivity (Wildman–Crippen MR) is 64.9 cm³/mol. The van der Waals surface area contributed by atoms with Crippen LogP contribution in [0.5, 0.6) is 5.75 Å². The van der Waals surface area contributed by atoms with Crippen molar-refractivity contribution >= 4 is 21.7 Å². The molecule has 0 bridgehead atoms. The van der Waals surface area contributed by atoms with Gasteiger partial charge in [-0.2, -0.15) is 0 Å². The van der Waals surface area contributed by atoms with E-state index in [1.807, 2.05) is 6.92 Å². The molecule has 17 heavy (non-hydrogen) atoms. The average molecular weight is 255 g/mol. The summed E-state index contributed by atoms with van der Waals surface area (Å²) in [6.45, 7) is 2.33. The molecule has 0 saturated heterocycles. The molecular formula is C10H13N3O3S. The summed E-state index contributed by atoms with van der Waals surface area (Å²) < 4.78 is 31.4. The topological polar surface area (TPSA) is 79.8 Å². The number of anilines is 1. The molecule has 0 amide bonds. The first-order chi connectivity index (χ1) is 8.06. The van der Waals surface area contributed by atoms with Crippen LogP contribution in [0.3, 0.4) is 0 Å². The third-order valence-corrected chi connectivity index (χ3v) is 3.64. The van der Waals surface area contributed by atoms with Gasteiger partial charge in [-0.3, -0.25) is 4.99 Å². The van der Waals surface area contributed by atoms with Crippen molar-refractivity contribution < 1.29 is 13.2 Å². The summed E-state index contributed by atoms with van der Waals surface area (Å²) in [7, 11) is -2.06. The molecule has 6 nitrogen and oxygen atoms in total. The van der Waals surface area contributed by atoms with E-state index >= 15 is 0 Å². The van der Waals surface area contributed by atoms with Gasteiger partial charge in [-0.15, -0.1) is 0 Å². The van der Waals surface area contributed by atoms with Crippen molar-refractivity contribution in [1.29, 1.82) is 0 Å². The van der Waals surface area contributed by atoms with Crippen molar-refractivity contribution in [3.05, 3.63) is 18.2 Å². The molecule has 0 aromatic heterocycles. The lowest BCUT2D eigenvalue weighted by Gasteiger charge is -2.21. The molecule has 0 aliphatic carbocycles. The predicted octanol–water partition coefficient (Wildman–Crippen LogP) is 0.775. The number of nitrogens with one attached hydrogen (secondary N) is 2. The van der Waals surface area contributed by atoms with E-state index in [4.69, 9.17) is 4.74 Å². The number of rotatable bonds is 2. The van der Waals surface area contributed by atoms with Crippen molar-refractivity contribution in [1.82, 2.24) is 4.72 Å². The number of benzene rings is 1. The lowest BCUT2D eigenvalue weighted by atomic mass is 10.3. The van der Waals surface area contributed by atoms with Gasteiger partial charge in [-0.1, -0.05) is 0 Å². The van der Waals surface area contributed by atoms with Crippen LogP contribution < -0.4 is 14.8 Å². The summed E-state index contributed by atoms with van der Waals surface area (Å²) >= 11 is 0. The average Bonchev–Trinajstić information content (AvgIpc) is 2.29. The van der Waals surface area contributed by atoms with Crippen LogP contribution in [0.25, 0.3) is 0 Å². The first-order valence-corrected chi connectivity index (χ1v) is 6.58. The first kappa shape index (κ1) is 11.7. The number of nitrogens with zero attached hydrogens (tertiary/aromatic N) is 1. The molecule has 1 heterocycles. The minimum Gasteiger partial charge on any atom is -0.494 e. The molecule has 0 atom stereocenters. The van der Waals surface area contributed by atoms with Crippen LogP contribution in [-0.4, -0.2) is 28.0 Å². The second-order valence-corrected chi connectivity index (χ2v) is 5.04. The van der Waals surface area contributed by atoms with Crippen LogP contribution in [0.1, 0.15) is 6.92 Å². The number of guanidine groups is 1. The third kappa shape index (κ3) is 2.19. The SMILES string of the molecule is CCOc1ccc2c(c1)S(=O)(=O)NC(=NC)N2. The lowest BCUT2D eigenvalue weighted by molar-refractivity contribution is 0.339. The van der Waals surface area contributed by atoms with E-state index in [1.54, 1.807) is 12.1 Å². The van der Waals surface area contributed by atoms with Crippen molar-refractivity contribution in [2.45, 2.75) is 11.8 Å². The summed E-state index contributed by atoms with van der Waals surface area (Å²) in [6, 6.07) is 4.86. The van der Waals surface area contributed by atoms with Gasteiger partial charge in [-0.25, -0.2) is 13.1 Å². The smallest absolute Gasteiger partial charge is 0.266 e. The Morgan fingerprint density at radius 2 is 2.18 bits per heavy atom. The highest BCUT2D eigenvalue weighted by Gasteiger charge is 2.26. The molecule has 0 spiro atoms. The van der Waals surface area contributed by atoms with Crippen LogP contribution in [0, 0.1) is 0 Å². The van der Waals surface area contributed by atoms with Crippen LogP contribution in [0.2, 0.25) is 0 Å². The number of fused-ring (bicyclic) bond motifs is 1. The van der Waals surface area contributed by atoms with Gasteiger partial charge in [0.1, 0.15) is 10.6 Å². The van der Waals surface area contributed by atoms with E-state index in [1.165, 1.54) is 13.1 Å². The molecule has 0 fully saturated rings. The van der Waals surface area contributed by atoms with E-state index in [0.29, 0.717) is 18.0 Å². The van der Waals surface area contributed by atoms with E-state index in [9.17, 15) is 8.42 Å². The lowest BCUT2D eigenvalue weighted by Crippen LogP contribution is -2.40. The van der Waals surface area contributed by atoms with Crippen molar-refractivity contribution in [3.8, 4) is 5.75 Å². The Morgan fingerprint density at radius 3 is 2.82 bits per heavy atom. The van der Waals surface area contributed by atoms with Crippen LogP contribution >= 0.6 is 0 Å². The molecule has 1 aliphatic heterocycles. The van der Waals surface area contributed by atoms with Gasteiger partial charge in [-0.05, 0) is 19.1 Å². The molecule has 1 aromatic rings. The highest BCUT2D eigenvalue weighted by Crippen LogP contribution is 2.28. The van der Waals surface area contributed by atoms with Gasteiger partial charge < -0.3 is 10.1 Å². The second-order valence-electron chi connectivity index (χ2n) is 3.39. The number of aliphatic imine (C=N–C) groups is 1. The van der Waals surface area contributed by atoms with E-state index in [-0.39, 0.29) is 10.9 Å². The fourth-order valence-electron chi connectivity index (χ4n) is 1.52. The number of hydrogen-bond donors (Lipinski definition) is 2. The zero-order valence-corrected chi connectivity index (χ0v) is 10.3. The Bertz CT molecular complexity index is 566. The zero-order chi connectivity index (χ0) is 12.5. The Hall–Kier alpha value is -1.76. The van der Waals surface area contributed by atoms with E-state index in [2.05, 4.69) is 15.0 Å². The van der Waals surface area contributed by atoms with Gasteiger partial charge in [0.15, 0.2) is 0 Å². The molecule has 1 aromatic carbocycles. The van der Waals surface area contributed by atoms with Crippen LogP contribution in [0.15, 0.2) is 28.1 Å². The largest absolute Gasteiger partial charge is 0.494 e. The molecule has 2 rings (SSSR count). The van der Waals surface area contributed by atoms with Crippen LogP contribution in [0.4, 0.5) is 5.69 Å². The standard InChI is InChI=1S/C10H13N3O3S/c1-3-16-7-4-5-8-9(6-7)17(14,15)13-10(11-2)12-8/h4-6H,3H2,1-2H3,(H2,11,12,13). The quantitative estimate of drug-likeness (QED) is 0.818. The maximum atomic E-state index is 11.9. The van der Waals surface area contributed by atoms with Crippen molar-refractivity contribution in [2.75, 3.05) is 19.0 Å². The van der Waals surface area contributed by atoms with Gasteiger partial charge in [0.25, 0.3) is 10.0 Å². The molecule has 2 N–H and O–H groups in total. The monoisotopic (exact) mass is 255 g/mol. The summed E-state index contributed by atoms with van der Waals surface area (Å²) in [5.74, 6) is 0.733. The van der Waals surface area contributed by atoms with Gasteiger partial charge in [0.2, 0.25) is 5.96 Å².